The molecule has 0 aromatic heterocycles. The van der Waals surface area contributed by atoms with E-state index in [9.17, 15) is 0 Å². The molecule has 2 nitrogen and oxygen atoms in total. The summed E-state index contributed by atoms with van der Waals surface area (Å²) in [5, 5.41) is 3.59. The van der Waals surface area contributed by atoms with Crippen LogP contribution in [0.3, 0.4) is 0 Å². The SMILES string of the molecule is c1ccc2c(c1)CC(N1C[C@@H]3C[C@H]1CN3)C2. The van der Waals surface area contributed by atoms with Crippen LogP contribution in [0.15, 0.2) is 24.3 Å². The van der Waals surface area contributed by atoms with Crippen molar-refractivity contribution in [3.63, 3.8) is 0 Å². The Bertz CT molecular complexity index is 390. The third-order valence-electron chi connectivity index (χ3n) is 4.60. The van der Waals surface area contributed by atoms with Crippen LogP contribution < -0.4 is 5.32 Å². The summed E-state index contributed by atoms with van der Waals surface area (Å²) in [7, 11) is 0. The highest BCUT2D eigenvalue weighted by Gasteiger charge is 2.42. The fourth-order valence-corrected chi connectivity index (χ4v) is 3.81. The van der Waals surface area contributed by atoms with Gasteiger partial charge in [-0.2, -0.15) is 0 Å². The van der Waals surface area contributed by atoms with E-state index in [1.165, 1.54) is 32.4 Å². The highest BCUT2D eigenvalue weighted by atomic mass is 15.3. The van der Waals surface area contributed by atoms with Crippen molar-refractivity contribution in [2.45, 2.75) is 37.4 Å². The Kier molecular flexibility index (Phi) is 1.91. The second-order valence-electron chi connectivity index (χ2n) is 5.52. The maximum Gasteiger partial charge on any atom is 0.0239 e. The van der Waals surface area contributed by atoms with Gasteiger partial charge < -0.3 is 5.32 Å². The molecule has 2 saturated heterocycles. The van der Waals surface area contributed by atoms with Crippen LogP contribution >= 0.6 is 0 Å². The molecule has 1 aromatic carbocycles. The number of benzene rings is 1. The zero-order valence-electron chi connectivity index (χ0n) is 9.52. The van der Waals surface area contributed by atoms with Gasteiger partial charge in [-0.1, -0.05) is 24.3 Å². The van der Waals surface area contributed by atoms with E-state index in [2.05, 4.69) is 34.5 Å². The summed E-state index contributed by atoms with van der Waals surface area (Å²) >= 11 is 0. The van der Waals surface area contributed by atoms with Gasteiger partial charge in [0.15, 0.2) is 0 Å². The van der Waals surface area contributed by atoms with Crippen molar-refractivity contribution in [2.24, 2.45) is 0 Å². The highest BCUT2D eigenvalue weighted by Crippen LogP contribution is 2.32. The van der Waals surface area contributed by atoms with Crippen molar-refractivity contribution < 1.29 is 0 Å². The van der Waals surface area contributed by atoms with Crippen molar-refractivity contribution in [1.82, 2.24) is 10.2 Å². The number of hydrogen-bond acceptors (Lipinski definition) is 2. The first-order valence-corrected chi connectivity index (χ1v) is 6.46. The number of likely N-dealkylation sites (tertiary alicyclic amines) is 1. The van der Waals surface area contributed by atoms with Gasteiger partial charge in [-0.15, -0.1) is 0 Å². The second-order valence-corrected chi connectivity index (χ2v) is 5.52. The van der Waals surface area contributed by atoms with Gasteiger partial charge in [0.1, 0.15) is 0 Å². The molecule has 2 aliphatic heterocycles. The smallest absolute Gasteiger partial charge is 0.0239 e. The van der Waals surface area contributed by atoms with Gasteiger partial charge in [0.25, 0.3) is 0 Å². The van der Waals surface area contributed by atoms with Gasteiger partial charge in [-0.3, -0.25) is 4.90 Å². The van der Waals surface area contributed by atoms with Crippen LogP contribution in [0.4, 0.5) is 0 Å². The maximum absolute atomic E-state index is 3.59. The average Bonchev–Trinajstić information content (AvgIpc) is 3.02. The van der Waals surface area contributed by atoms with E-state index in [0.29, 0.717) is 0 Å². The summed E-state index contributed by atoms with van der Waals surface area (Å²) in [4.78, 5) is 2.77. The van der Waals surface area contributed by atoms with Crippen LogP contribution in [-0.4, -0.2) is 36.1 Å². The lowest BCUT2D eigenvalue weighted by atomic mass is 10.1. The van der Waals surface area contributed by atoms with Crippen molar-refractivity contribution >= 4 is 0 Å². The van der Waals surface area contributed by atoms with Gasteiger partial charge in [-0.25, -0.2) is 0 Å². The molecule has 2 bridgehead atoms. The minimum absolute atomic E-state index is 0.786. The molecule has 3 aliphatic rings. The van der Waals surface area contributed by atoms with E-state index in [4.69, 9.17) is 0 Å². The Hall–Kier alpha value is -0.860. The fourth-order valence-electron chi connectivity index (χ4n) is 3.81. The van der Waals surface area contributed by atoms with Crippen LogP contribution in [0.2, 0.25) is 0 Å². The number of piperazine rings is 1. The van der Waals surface area contributed by atoms with E-state index >= 15 is 0 Å². The lowest BCUT2D eigenvalue weighted by Crippen LogP contribution is -2.48. The first-order valence-electron chi connectivity index (χ1n) is 6.46. The molecule has 1 N–H and O–H groups in total. The van der Waals surface area contributed by atoms with Crippen LogP contribution in [0.25, 0.3) is 0 Å². The highest BCUT2D eigenvalue weighted by molar-refractivity contribution is 5.33. The molecule has 2 heterocycles. The molecule has 16 heavy (non-hydrogen) atoms. The number of nitrogens with one attached hydrogen (secondary N) is 1. The summed E-state index contributed by atoms with van der Waals surface area (Å²) in [5.41, 5.74) is 3.17. The summed E-state index contributed by atoms with van der Waals surface area (Å²) in [6.07, 6.45) is 3.94. The molecule has 2 heteroatoms. The van der Waals surface area contributed by atoms with Gasteiger partial charge in [0, 0.05) is 31.2 Å². The lowest BCUT2D eigenvalue weighted by Gasteiger charge is -2.32. The summed E-state index contributed by atoms with van der Waals surface area (Å²) in [6.45, 7) is 2.50. The molecule has 0 unspecified atom stereocenters. The Morgan fingerprint density at radius 1 is 1.06 bits per heavy atom. The Morgan fingerprint density at radius 2 is 1.81 bits per heavy atom. The van der Waals surface area contributed by atoms with Gasteiger partial charge in [0.2, 0.25) is 0 Å². The van der Waals surface area contributed by atoms with Gasteiger partial charge >= 0.3 is 0 Å². The van der Waals surface area contributed by atoms with Crippen LogP contribution in [0, 0.1) is 0 Å². The third-order valence-corrected chi connectivity index (χ3v) is 4.60. The number of nitrogens with zero attached hydrogens (tertiary/aromatic N) is 1. The Balaban J connectivity index is 1.56. The van der Waals surface area contributed by atoms with Crippen molar-refractivity contribution in [3.05, 3.63) is 35.4 Å². The van der Waals surface area contributed by atoms with E-state index in [1.807, 2.05) is 0 Å². The summed E-state index contributed by atoms with van der Waals surface area (Å²) < 4.78 is 0. The largest absolute Gasteiger partial charge is 0.311 e. The Morgan fingerprint density at radius 3 is 2.38 bits per heavy atom. The third kappa shape index (κ3) is 1.26. The molecule has 2 fully saturated rings. The minimum atomic E-state index is 0.786. The van der Waals surface area contributed by atoms with E-state index in [0.717, 1.165) is 18.1 Å². The zero-order chi connectivity index (χ0) is 10.5. The topological polar surface area (TPSA) is 15.3 Å². The Labute approximate surface area is 96.6 Å². The zero-order valence-corrected chi connectivity index (χ0v) is 9.52. The molecule has 1 aromatic rings. The molecule has 0 saturated carbocycles. The lowest BCUT2D eigenvalue weighted by molar-refractivity contribution is 0.163. The number of rotatable bonds is 1. The molecule has 4 rings (SSSR count). The standard InChI is InChI=1S/C14H18N2/c1-2-4-11-6-13(5-10(11)3-1)16-9-12-7-14(16)8-15-12/h1-4,12-15H,5-9H2/t12-,14-/m0/s1. The van der Waals surface area contributed by atoms with Crippen LogP contribution in [0.1, 0.15) is 17.5 Å². The van der Waals surface area contributed by atoms with Crippen molar-refractivity contribution in [1.29, 1.82) is 0 Å². The van der Waals surface area contributed by atoms with Gasteiger partial charge in [-0.05, 0) is 30.4 Å². The fraction of sp³-hybridized carbons (Fsp3) is 0.571. The molecular weight excluding hydrogens is 196 g/mol. The molecule has 2 atom stereocenters. The van der Waals surface area contributed by atoms with Gasteiger partial charge in [0.05, 0.1) is 0 Å². The van der Waals surface area contributed by atoms with Crippen molar-refractivity contribution in [2.75, 3.05) is 13.1 Å². The molecule has 0 radical (unpaired) electrons. The van der Waals surface area contributed by atoms with E-state index in [-0.39, 0.29) is 0 Å². The predicted octanol–water partition coefficient (Wildman–Crippen LogP) is 1.20. The van der Waals surface area contributed by atoms with E-state index in [1.54, 1.807) is 11.1 Å². The van der Waals surface area contributed by atoms with Crippen molar-refractivity contribution in [3.8, 4) is 0 Å². The maximum atomic E-state index is 3.59. The van der Waals surface area contributed by atoms with Crippen LogP contribution in [0.5, 0.6) is 0 Å². The quantitative estimate of drug-likeness (QED) is 0.755. The first kappa shape index (κ1) is 9.20. The molecule has 1 aliphatic carbocycles. The summed E-state index contributed by atoms with van der Waals surface area (Å²) in [5.74, 6) is 0. The predicted molar refractivity (Wildman–Crippen MR) is 64.5 cm³/mol. The molecular formula is C14H18N2. The number of hydrogen-bond donors (Lipinski definition) is 1. The average molecular weight is 214 g/mol. The molecule has 0 amide bonds. The molecule has 0 spiro atoms. The molecule has 84 valence electrons. The first-order chi connectivity index (χ1) is 7.90. The second kappa shape index (κ2) is 3.31. The monoisotopic (exact) mass is 214 g/mol. The minimum Gasteiger partial charge on any atom is -0.311 e. The number of fused-ring (bicyclic) bond motifs is 3. The normalized spacial score (nSPS) is 33.5. The summed E-state index contributed by atoms with van der Waals surface area (Å²) in [6, 6.07) is 11.4. The van der Waals surface area contributed by atoms with E-state index < -0.39 is 0 Å². The van der Waals surface area contributed by atoms with Crippen LogP contribution in [-0.2, 0) is 12.8 Å².